The number of carboxylic acids is 1. The van der Waals surface area contributed by atoms with Gasteiger partial charge in [0.1, 0.15) is 5.82 Å². The molecule has 1 fully saturated rings. The molecule has 3 aromatic carbocycles. The molecule has 1 saturated heterocycles. The van der Waals surface area contributed by atoms with Crippen LogP contribution in [0.3, 0.4) is 0 Å². The number of nitrogens with zero attached hydrogens (tertiary/aromatic N) is 3. The first kappa shape index (κ1) is 34.0. The van der Waals surface area contributed by atoms with Crippen LogP contribution in [0.15, 0.2) is 71.6 Å². The summed E-state index contributed by atoms with van der Waals surface area (Å²) in [7, 11) is -3.88. The molecule has 4 aromatic rings. The van der Waals surface area contributed by atoms with Crippen molar-refractivity contribution in [2.24, 2.45) is 0 Å². The molecule has 0 saturated carbocycles. The van der Waals surface area contributed by atoms with Crippen molar-refractivity contribution in [1.29, 1.82) is 0 Å². The molecule has 2 heterocycles. The Kier molecular flexibility index (Phi) is 11.3. The number of aryl methyl sites for hydroxylation is 3. The minimum absolute atomic E-state index is 0. The van der Waals surface area contributed by atoms with Crippen molar-refractivity contribution in [3.63, 3.8) is 0 Å². The Morgan fingerprint density at radius 3 is 2.00 bits per heavy atom. The SMILES string of the molecule is Cc1cc(C)c(S(=O)(=O)Nc2ccc3nc(N4CCN(c5ccccc5)CC4)cc(C(=O)O)c3c2)c(C)c1.Cl.Cl.Cl. The molecule has 0 atom stereocenters. The van der Waals surface area contributed by atoms with Gasteiger partial charge in [0, 0.05) is 42.9 Å². The number of carbonyl (C=O) groups is 1. The minimum atomic E-state index is -3.88. The standard InChI is InChI=1S/C29H30N4O4S.3ClH/c1-19-15-20(2)28(21(3)16-19)38(36,37)31-22-9-10-26-24(17-22)25(29(34)35)18-27(30-26)33-13-11-32(12-14-33)23-7-5-4-6-8-23;;;/h4-10,15-18,31H,11-14H2,1-3H3,(H,34,35);3*1H. The molecule has 0 bridgehead atoms. The van der Waals surface area contributed by atoms with E-state index < -0.39 is 16.0 Å². The first-order valence-electron chi connectivity index (χ1n) is 12.5. The van der Waals surface area contributed by atoms with Gasteiger partial charge in [0.25, 0.3) is 10.0 Å². The summed E-state index contributed by atoms with van der Waals surface area (Å²) in [4.78, 5) is 21.6. The first-order chi connectivity index (χ1) is 18.1. The molecule has 5 rings (SSSR count). The zero-order valence-electron chi connectivity index (χ0n) is 22.8. The zero-order valence-corrected chi connectivity index (χ0v) is 26.1. The molecule has 12 heteroatoms. The monoisotopic (exact) mass is 638 g/mol. The van der Waals surface area contributed by atoms with Gasteiger partial charge >= 0.3 is 5.97 Å². The second-order valence-corrected chi connectivity index (χ2v) is 11.3. The number of anilines is 3. The van der Waals surface area contributed by atoms with E-state index >= 15 is 0 Å². The molecule has 0 aliphatic carbocycles. The van der Waals surface area contributed by atoms with E-state index in [1.165, 1.54) is 0 Å². The lowest BCUT2D eigenvalue weighted by molar-refractivity contribution is 0.0699. The van der Waals surface area contributed by atoms with Crippen LogP contribution in [0.2, 0.25) is 0 Å². The van der Waals surface area contributed by atoms with Crippen LogP contribution in [0.5, 0.6) is 0 Å². The molecule has 220 valence electrons. The Hall–Kier alpha value is -3.24. The number of hydrogen-bond acceptors (Lipinski definition) is 6. The predicted molar refractivity (Wildman–Crippen MR) is 173 cm³/mol. The van der Waals surface area contributed by atoms with Gasteiger partial charge in [-0.15, -0.1) is 37.2 Å². The smallest absolute Gasteiger partial charge is 0.336 e. The van der Waals surface area contributed by atoms with Gasteiger partial charge in [-0.2, -0.15) is 0 Å². The van der Waals surface area contributed by atoms with E-state index in [-0.39, 0.29) is 53.4 Å². The van der Waals surface area contributed by atoms with Crippen molar-refractivity contribution in [1.82, 2.24) is 4.98 Å². The van der Waals surface area contributed by atoms with E-state index in [2.05, 4.69) is 26.7 Å². The van der Waals surface area contributed by atoms with Crippen molar-refractivity contribution in [2.75, 3.05) is 40.7 Å². The average molecular weight is 640 g/mol. The Balaban J connectivity index is 0.00000196. The summed E-state index contributed by atoms with van der Waals surface area (Å²) >= 11 is 0. The number of hydrogen-bond donors (Lipinski definition) is 2. The molecule has 0 radical (unpaired) electrons. The summed E-state index contributed by atoms with van der Waals surface area (Å²) in [6.07, 6.45) is 0. The third-order valence-electron chi connectivity index (χ3n) is 6.88. The van der Waals surface area contributed by atoms with Crippen LogP contribution in [0.1, 0.15) is 27.0 Å². The highest BCUT2D eigenvalue weighted by molar-refractivity contribution is 7.92. The Morgan fingerprint density at radius 1 is 0.829 bits per heavy atom. The highest BCUT2D eigenvalue weighted by Gasteiger charge is 2.23. The number of aromatic carboxylic acids is 1. The Labute approximate surface area is 259 Å². The number of carboxylic acid groups (broad SMARTS) is 1. The predicted octanol–water partition coefficient (Wildman–Crippen LogP) is 6.25. The number of piperazine rings is 1. The van der Waals surface area contributed by atoms with E-state index in [4.69, 9.17) is 4.98 Å². The fourth-order valence-electron chi connectivity index (χ4n) is 5.24. The number of fused-ring (bicyclic) bond motifs is 1. The number of rotatable bonds is 6. The molecule has 2 N–H and O–H groups in total. The summed E-state index contributed by atoms with van der Waals surface area (Å²) in [5.74, 6) is -0.492. The molecule has 0 unspecified atom stereocenters. The number of nitrogens with one attached hydrogen (secondary N) is 1. The fraction of sp³-hybridized carbons (Fsp3) is 0.241. The van der Waals surface area contributed by atoms with Crippen LogP contribution in [-0.4, -0.2) is 50.7 Å². The third kappa shape index (κ3) is 7.16. The number of sulfonamides is 1. The van der Waals surface area contributed by atoms with Crippen LogP contribution in [-0.2, 0) is 10.0 Å². The normalized spacial score (nSPS) is 13.0. The maximum Gasteiger partial charge on any atom is 0.336 e. The van der Waals surface area contributed by atoms with Gasteiger partial charge in [0.2, 0.25) is 0 Å². The van der Waals surface area contributed by atoms with E-state index in [0.717, 1.165) is 24.3 Å². The minimum Gasteiger partial charge on any atom is -0.478 e. The number of pyridine rings is 1. The Bertz CT molecular complexity index is 1620. The second-order valence-electron chi connectivity index (χ2n) is 9.71. The van der Waals surface area contributed by atoms with Crippen LogP contribution in [0, 0.1) is 20.8 Å². The lowest BCUT2D eigenvalue weighted by Gasteiger charge is -2.37. The highest BCUT2D eigenvalue weighted by Crippen LogP contribution is 2.29. The summed E-state index contributed by atoms with van der Waals surface area (Å²) in [5.41, 5.74) is 4.32. The largest absolute Gasteiger partial charge is 0.478 e. The van der Waals surface area contributed by atoms with Crippen molar-refractivity contribution >= 4 is 81.3 Å². The number of para-hydroxylation sites is 1. The maximum absolute atomic E-state index is 13.2. The molecule has 41 heavy (non-hydrogen) atoms. The fourth-order valence-corrected chi connectivity index (χ4v) is 6.75. The van der Waals surface area contributed by atoms with Gasteiger partial charge in [-0.1, -0.05) is 35.9 Å². The summed E-state index contributed by atoms with van der Waals surface area (Å²) in [5, 5.41) is 10.4. The van der Waals surface area contributed by atoms with Gasteiger partial charge in [0.05, 0.1) is 16.0 Å². The molecule has 1 aliphatic heterocycles. The van der Waals surface area contributed by atoms with Crippen molar-refractivity contribution in [3.8, 4) is 0 Å². The second kappa shape index (κ2) is 13.6. The van der Waals surface area contributed by atoms with Crippen LogP contribution < -0.4 is 14.5 Å². The summed E-state index contributed by atoms with van der Waals surface area (Å²) in [6, 6.07) is 20.3. The van der Waals surface area contributed by atoms with Crippen molar-refractivity contribution < 1.29 is 18.3 Å². The van der Waals surface area contributed by atoms with E-state index in [1.807, 2.05) is 37.3 Å². The number of aromatic nitrogens is 1. The molecular formula is C29H33Cl3N4O4S. The van der Waals surface area contributed by atoms with E-state index in [9.17, 15) is 18.3 Å². The number of benzene rings is 3. The van der Waals surface area contributed by atoms with Gasteiger partial charge < -0.3 is 14.9 Å². The van der Waals surface area contributed by atoms with Gasteiger partial charge in [-0.3, -0.25) is 4.72 Å². The quantitative estimate of drug-likeness (QED) is 0.257. The highest BCUT2D eigenvalue weighted by atomic mass is 35.5. The zero-order chi connectivity index (χ0) is 27.0. The molecule has 0 spiro atoms. The summed E-state index contributed by atoms with van der Waals surface area (Å²) < 4.78 is 29.1. The van der Waals surface area contributed by atoms with E-state index in [1.54, 1.807) is 38.1 Å². The third-order valence-corrected chi connectivity index (χ3v) is 8.56. The average Bonchev–Trinajstić information content (AvgIpc) is 2.87. The van der Waals surface area contributed by atoms with Gasteiger partial charge in [0.15, 0.2) is 0 Å². The van der Waals surface area contributed by atoms with Gasteiger partial charge in [-0.05, 0) is 68.3 Å². The molecular weight excluding hydrogens is 607 g/mol. The molecule has 8 nitrogen and oxygen atoms in total. The Morgan fingerprint density at radius 2 is 1.41 bits per heavy atom. The lowest BCUT2D eigenvalue weighted by atomic mass is 10.1. The lowest BCUT2D eigenvalue weighted by Crippen LogP contribution is -2.46. The van der Waals surface area contributed by atoms with Crippen molar-refractivity contribution in [3.05, 3.63) is 89.0 Å². The topological polar surface area (TPSA) is 103 Å². The van der Waals surface area contributed by atoms with Gasteiger partial charge in [-0.25, -0.2) is 18.2 Å². The van der Waals surface area contributed by atoms with E-state index in [0.29, 0.717) is 40.9 Å². The molecule has 1 aliphatic rings. The maximum atomic E-state index is 13.2. The van der Waals surface area contributed by atoms with Crippen LogP contribution in [0.25, 0.3) is 10.9 Å². The molecule has 0 amide bonds. The van der Waals surface area contributed by atoms with Crippen LogP contribution in [0.4, 0.5) is 17.2 Å². The molecule has 1 aromatic heterocycles. The summed E-state index contributed by atoms with van der Waals surface area (Å²) in [6.45, 7) is 8.46. The van der Waals surface area contributed by atoms with Crippen LogP contribution >= 0.6 is 37.2 Å². The number of halogens is 3. The first-order valence-corrected chi connectivity index (χ1v) is 13.9. The van der Waals surface area contributed by atoms with Crippen molar-refractivity contribution in [2.45, 2.75) is 25.7 Å².